The predicted octanol–water partition coefficient (Wildman–Crippen LogP) is 4.51. The van der Waals surface area contributed by atoms with Crippen molar-refractivity contribution >= 4 is 33.4 Å². The van der Waals surface area contributed by atoms with Crippen LogP contribution in [0.15, 0.2) is 58.3 Å². The SMILES string of the molecule is CC(C)(C)NS(=O)(=O)c1cccc(NC(=O)CSc2cccc(C(F)(F)F)c2)c1. The second-order valence-corrected chi connectivity index (χ2v) is 9.98. The van der Waals surface area contributed by atoms with Crippen molar-refractivity contribution in [2.24, 2.45) is 0 Å². The fraction of sp³-hybridized carbons (Fsp3) is 0.316. The Bertz CT molecular complexity index is 985. The van der Waals surface area contributed by atoms with Gasteiger partial charge in [-0.15, -0.1) is 11.8 Å². The van der Waals surface area contributed by atoms with Crippen LogP contribution in [0.4, 0.5) is 18.9 Å². The number of benzene rings is 2. The van der Waals surface area contributed by atoms with E-state index in [-0.39, 0.29) is 16.3 Å². The number of thioether (sulfide) groups is 1. The Hall–Kier alpha value is -2.04. The minimum atomic E-state index is -4.45. The lowest BCUT2D eigenvalue weighted by Gasteiger charge is -2.20. The second kappa shape index (κ2) is 8.76. The average molecular weight is 447 g/mol. The number of rotatable bonds is 6. The van der Waals surface area contributed by atoms with E-state index in [9.17, 15) is 26.4 Å². The van der Waals surface area contributed by atoms with E-state index in [1.807, 2.05) is 0 Å². The molecule has 0 heterocycles. The molecule has 158 valence electrons. The van der Waals surface area contributed by atoms with Crippen molar-refractivity contribution in [2.45, 2.75) is 42.3 Å². The summed E-state index contributed by atoms with van der Waals surface area (Å²) in [5.41, 5.74) is -1.18. The highest BCUT2D eigenvalue weighted by atomic mass is 32.2. The third-order valence-corrected chi connectivity index (χ3v) is 6.15. The van der Waals surface area contributed by atoms with Crippen LogP contribution in [-0.4, -0.2) is 25.6 Å². The van der Waals surface area contributed by atoms with Crippen LogP contribution in [0.2, 0.25) is 0 Å². The molecule has 5 nitrogen and oxygen atoms in total. The topological polar surface area (TPSA) is 75.3 Å². The zero-order valence-electron chi connectivity index (χ0n) is 16.0. The third kappa shape index (κ3) is 7.37. The number of carbonyl (C=O) groups excluding carboxylic acids is 1. The normalized spacial score (nSPS) is 12.6. The number of carbonyl (C=O) groups is 1. The molecule has 0 atom stereocenters. The van der Waals surface area contributed by atoms with Crippen LogP contribution in [0.25, 0.3) is 0 Å². The Morgan fingerprint density at radius 2 is 1.69 bits per heavy atom. The number of alkyl halides is 3. The van der Waals surface area contributed by atoms with Gasteiger partial charge in [0.2, 0.25) is 15.9 Å². The quantitative estimate of drug-likeness (QED) is 0.640. The lowest BCUT2D eigenvalue weighted by atomic mass is 10.1. The zero-order chi connectivity index (χ0) is 21.9. The molecule has 0 fully saturated rings. The maximum absolute atomic E-state index is 12.7. The molecule has 0 saturated heterocycles. The highest BCUT2D eigenvalue weighted by molar-refractivity contribution is 8.00. The summed E-state index contributed by atoms with van der Waals surface area (Å²) in [4.78, 5) is 12.4. The van der Waals surface area contributed by atoms with Gasteiger partial charge in [-0.05, 0) is 57.2 Å². The number of sulfonamides is 1. The molecule has 0 aliphatic heterocycles. The smallest absolute Gasteiger partial charge is 0.325 e. The van der Waals surface area contributed by atoms with E-state index in [2.05, 4.69) is 10.0 Å². The Kier molecular flexibility index (Phi) is 7.02. The first-order valence-electron chi connectivity index (χ1n) is 8.50. The van der Waals surface area contributed by atoms with E-state index in [4.69, 9.17) is 0 Å². The molecule has 2 rings (SSSR count). The Labute approximate surface area is 172 Å². The molecule has 0 radical (unpaired) electrons. The standard InChI is InChI=1S/C19H21F3N2O3S2/c1-18(2,3)24-29(26,27)16-9-5-7-14(11-16)23-17(25)12-28-15-8-4-6-13(10-15)19(20,21)22/h4-11,24H,12H2,1-3H3,(H,23,25). The van der Waals surface area contributed by atoms with Gasteiger partial charge < -0.3 is 5.32 Å². The number of amides is 1. The van der Waals surface area contributed by atoms with Gasteiger partial charge in [-0.1, -0.05) is 12.1 Å². The summed E-state index contributed by atoms with van der Waals surface area (Å²) in [5, 5.41) is 2.56. The molecule has 2 aromatic carbocycles. The van der Waals surface area contributed by atoms with Crippen molar-refractivity contribution < 1.29 is 26.4 Å². The lowest BCUT2D eigenvalue weighted by Crippen LogP contribution is -2.40. The molecular formula is C19H21F3N2O3S2. The first kappa shape index (κ1) is 23.2. The van der Waals surface area contributed by atoms with Gasteiger partial charge in [0.1, 0.15) is 0 Å². The molecule has 2 aromatic rings. The molecule has 0 saturated carbocycles. The second-order valence-electron chi connectivity index (χ2n) is 7.25. The van der Waals surface area contributed by atoms with Gasteiger partial charge >= 0.3 is 6.18 Å². The van der Waals surface area contributed by atoms with E-state index in [0.717, 1.165) is 23.9 Å². The summed E-state index contributed by atoms with van der Waals surface area (Å²) < 4.78 is 65.5. The Morgan fingerprint density at radius 1 is 1.03 bits per heavy atom. The maximum Gasteiger partial charge on any atom is 0.416 e. The van der Waals surface area contributed by atoms with E-state index >= 15 is 0 Å². The van der Waals surface area contributed by atoms with Gasteiger partial charge in [0.15, 0.2) is 0 Å². The largest absolute Gasteiger partial charge is 0.416 e. The number of nitrogens with one attached hydrogen (secondary N) is 2. The Balaban J connectivity index is 2.03. The van der Waals surface area contributed by atoms with Gasteiger partial charge in [-0.25, -0.2) is 13.1 Å². The van der Waals surface area contributed by atoms with Crippen molar-refractivity contribution in [2.75, 3.05) is 11.1 Å². The van der Waals surface area contributed by atoms with E-state index in [1.54, 1.807) is 20.8 Å². The summed E-state index contributed by atoms with van der Waals surface area (Å²) in [5.74, 6) is -0.593. The number of halogens is 3. The van der Waals surface area contributed by atoms with Crippen molar-refractivity contribution in [3.63, 3.8) is 0 Å². The molecule has 0 bridgehead atoms. The van der Waals surface area contributed by atoms with E-state index in [1.165, 1.54) is 36.4 Å². The molecular weight excluding hydrogens is 425 g/mol. The fourth-order valence-electron chi connectivity index (χ4n) is 2.31. The maximum atomic E-state index is 12.7. The van der Waals surface area contributed by atoms with E-state index < -0.39 is 33.2 Å². The van der Waals surface area contributed by atoms with Crippen LogP contribution in [0.5, 0.6) is 0 Å². The van der Waals surface area contributed by atoms with Crippen LogP contribution in [0.1, 0.15) is 26.3 Å². The van der Waals surface area contributed by atoms with Gasteiger partial charge in [0.25, 0.3) is 0 Å². The van der Waals surface area contributed by atoms with Crippen molar-refractivity contribution in [3.05, 3.63) is 54.1 Å². The van der Waals surface area contributed by atoms with Crippen LogP contribution < -0.4 is 10.0 Å². The fourth-order valence-corrected chi connectivity index (χ4v) is 4.53. The molecule has 0 aromatic heterocycles. The minimum absolute atomic E-state index is 0.00393. The van der Waals surface area contributed by atoms with Gasteiger partial charge in [0, 0.05) is 16.1 Å². The highest BCUT2D eigenvalue weighted by Crippen LogP contribution is 2.31. The van der Waals surface area contributed by atoms with Gasteiger partial charge in [-0.3, -0.25) is 4.79 Å². The first-order chi connectivity index (χ1) is 13.3. The lowest BCUT2D eigenvalue weighted by molar-refractivity contribution is -0.137. The summed E-state index contributed by atoms with van der Waals surface area (Å²) in [6.07, 6.45) is -4.45. The molecule has 0 aliphatic carbocycles. The van der Waals surface area contributed by atoms with Crippen LogP contribution in [-0.2, 0) is 21.0 Å². The van der Waals surface area contributed by atoms with Crippen molar-refractivity contribution in [1.82, 2.24) is 4.72 Å². The summed E-state index contributed by atoms with van der Waals surface area (Å²) in [7, 11) is -3.76. The van der Waals surface area contributed by atoms with Gasteiger partial charge in [-0.2, -0.15) is 13.2 Å². The number of hydrogen-bond donors (Lipinski definition) is 2. The van der Waals surface area contributed by atoms with E-state index in [0.29, 0.717) is 4.90 Å². The number of anilines is 1. The Morgan fingerprint density at radius 3 is 2.31 bits per heavy atom. The minimum Gasteiger partial charge on any atom is -0.325 e. The van der Waals surface area contributed by atoms with Crippen molar-refractivity contribution in [1.29, 1.82) is 0 Å². The predicted molar refractivity (Wildman–Crippen MR) is 107 cm³/mol. The average Bonchev–Trinajstić information content (AvgIpc) is 2.58. The molecule has 0 spiro atoms. The monoisotopic (exact) mass is 446 g/mol. The van der Waals surface area contributed by atoms with Crippen molar-refractivity contribution in [3.8, 4) is 0 Å². The van der Waals surface area contributed by atoms with Crippen LogP contribution in [0, 0.1) is 0 Å². The van der Waals surface area contributed by atoms with Crippen LogP contribution in [0.3, 0.4) is 0 Å². The summed E-state index contributed by atoms with van der Waals surface area (Å²) in [6.45, 7) is 5.13. The summed E-state index contributed by atoms with van der Waals surface area (Å²) in [6, 6.07) is 10.4. The summed E-state index contributed by atoms with van der Waals surface area (Å²) >= 11 is 0.953. The molecule has 0 unspecified atom stereocenters. The molecule has 29 heavy (non-hydrogen) atoms. The first-order valence-corrected chi connectivity index (χ1v) is 11.0. The zero-order valence-corrected chi connectivity index (χ0v) is 17.6. The van der Waals surface area contributed by atoms with Gasteiger partial charge in [0.05, 0.1) is 16.2 Å². The molecule has 1 amide bonds. The number of hydrogen-bond acceptors (Lipinski definition) is 4. The third-order valence-electron chi connectivity index (χ3n) is 3.40. The highest BCUT2D eigenvalue weighted by Gasteiger charge is 2.30. The van der Waals surface area contributed by atoms with Crippen LogP contribution >= 0.6 is 11.8 Å². The molecule has 2 N–H and O–H groups in total. The molecule has 10 heteroatoms. The molecule has 0 aliphatic rings.